The Labute approximate surface area is 55.3 Å². The van der Waals surface area contributed by atoms with E-state index in [-0.39, 0.29) is 6.29 Å². The van der Waals surface area contributed by atoms with E-state index in [9.17, 15) is 0 Å². The summed E-state index contributed by atoms with van der Waals surface area (Å²) in [5, 5.41) is 3.17. The first-order valence-corrected chi connectivity index (χ1v) is 3.37. The van der Waals surface area contributed by atoms with Crippen LogP contribution in [0.2, 0.25) is 0 Å². The molecule has 0 unspecified atom stereocenters. The van der Waals surface area contributed by atoms with Gasteiger partial charge in [0.2, 0.25) is 0 Å². The Hall–Kier alpha value is -0.120. The zero-order valence-corrected chi connectivity index (χ0v) is 5.72. The highest BCUT2D eigenvalue weighted by Crippen LogP contribution is 1.96. The summed E-state index contributed by atoms with van der Waals surface area (Å²) < 4.78 is 10.4. The van der Waals surface area contributed by atoms with Crippen molar-refractivity contribution < 1.29 is 9.47 Å². The molecule has 0 saturated carbocycles. The van der Waals surface area contributed by atoms with Crippen LogP contribution < -0.4 is 5.32 Å². The van der Waals surface area contributed by atoms with Crippen molar-refractivity contribution in [2.24, 2.45) is 0 Å². The normalized spacial score (nSPS) is 28.3. The van der Waals surface area contributed by atoms with Gasteiger partial charge in [0.05, 0.1) is 6.61 Å². The fourth-order valence-corrected chi connectivity index (χ4v) is 0.834. The first kappa shape index (κ1) is 6.99. The van der Waals surface area contributed by atoms with Crippen molar-refractivity contribution in [3.63, 3.8) is 0 Å². The zero-order chi connectivity index (χ0) is 6.53. The summed E-state index contributed by atoms with van der Waals surface area (Å²) in [6, 6.07) is 0. The molecular weight excluding hydrogens is 118 g/mol. The molecular formula is C6H13NO2. The van der Waals surface area contributed by atoms with E-state index in [1.807, 2.05) is 6.92 Å². The number of morpholine rings is 1. The molecule has 0 radical (unpaired) electrons. The smallest absolute Gasteiger partial charge is 0.169 e. The van der Waals surface area contributed by atoms with Crippen LogP contribution in [0.1, 0.15) is 6.92 Å². The van der Waals surface area contributed by atoms with E-state index in [1.165, 1.54) is 0 Å². The summed E-state index contributed by atoms with van der Waals surface area (Å²) >= 11 is 0. The van der Waals surface area contributed by atoms with E-state index in [1.54, 1.807) is 0 Å². The topological polar surface area (TPSA) is 30.5 Å². The Kier molecular flexibility index (Phi) is 2.97. The van der Waals surface area contributed by atoms with Gasteiger partial charge in [0.25, 0.3) is 0 Å². The van der Waals surface area contributed by atoms with Gasteiger partial charge in [-0.2, -0.15) is 0 Å². The highest BCUT2D eigenvalue weighted by atomic mass is 16.7. The Morgan fingerprint density at radius 2 is 2.67 bits per heavy atom. The molecule has 1 saturated heterocycles. The fraction of sp³-hybridized carbons (Fsp3) is 1.00. The highest BCUT2D eigenvalue weighted by Gasteiger charge is 2.11. The lowest BCUT2D eigenvalue weighted by Crippen LogP contribution is -2.39. The van der Waals surface area contributed by atoms with Crippen LogP contribution in [0.4, 0.5) is 0 Å². The number of hydrogen-bond donors (Lipinski definition) is 1. The predicted octanol–water partition coefficient (Wildman–Crippen LogP) is -0.0312. The van der Waals surface area contributed by atoms with Crippen molar-refractivity contribution in [3.05, 3.63) is 0 Å². The van der Waals surface area contributed by atoms with E-state index in [2.05, 4.69) is 5.32 Å². The fourth-order valence-electron chi connectivity index (χ4n) is 0.834. The van der Waals surface area contributed by atoms with Crippen LogP contribution in [0.25, 0.3) is 0 Å². The molecule has 1 aliphatic heterocycles. The molecule has 1 atom stereocenters. The molecule has 1 N–H and O–H groups in total. The van der Waals surface area contributed by atoms with Gasteiger partial charge >= 0.3 is 0 Å². The van der Waals surface area contributed by atoms with Gasteiger partial charge in [-0.3, -0.25) is 0 Å². The summed E-state index contributed by atoms with van der Waals surface area (Å²) in [7, 11) is 0. The summed E-state index contributed by atoms with van der Waals surface area (Å²) in [5.41, 5.74) is 0. The summed E-state index contributed by atoms with van der Waals surface area (Å²) in [4.78, 5) is 0. The average molecular weight is 131 g/mol. The lowest BCUT2D eigenvalue weighted by atomic mass is 10.5. The molecule has 1 fully saturated rings. The van der Waals surface area contributed by atoms with Crippen LogP contribution in [0, 0.1) is 0 Å². The predicted molar refractivity (Wildman–Crippen MR) is 34.2 cm³/mol. The molecule has 0 aliphatic carbocycles. The van der Waals surface area contributed by atoms with Crippen LogP contribution in [0.5, 0.6) is 0 Å². The summed E-state index contributed by atoms with van der Waals surface area (Å²) in [6.45, 7) is 5.24. The lowest BCUT2D eigenvalue weighted by Gasteiger charge is -2.22. The molecule has 9 heavy (non-hydrogen) atoms. The average Bonchev–Trinajstić information content (AvgIpc) is 1.91. The largest absolute Gasteiger partial charge is 0.352 e. The maximum absolute atomic E-state index is 5.23. The maximum Gasteiger partial charge on any atom is 0.169 e. The maximum atomic E-state index is 5.23. The second-order valence-electron chi connectivity index (χ2n) is 1.96. The van der Waals surface area contributed by atoms with Crippen LogP contribution in [-0.4, -0.2) is 32.6 Å². The highest BCUT2D eigenvalue weighted by molar-refractivity contribution is 4.56. The van der Waals surface area contributed by atoms with Crippen molar-refractivity contribution in [1.82, 2.24) is 5.32 Å². The second-order valence-corrected chi connectivity index (χ2v) is 1.96. The molecule has 3 nitrogen and oxygen atoms in total. The second kappa shape index (κ2) is 3.82. The summed E-state index contributed by atoms with van der Waals surface area (Å²) in [6.07, 6.45) is -0.0104. The van der Waals surface area contributed by atoms with Gasteiger partial charge in [-0.25, -0.2) is 0 Å². The van der Waals surface area contributed by atoms with Gasteiger partial charge < -0.3 is 14.8 Å². The van der Waals surface area contributed by atoms with Crippen LogP contribution >= 0.6 is 0 Å². The lowest BCUT2D eigenvalue weighted by molar-refractivity contribution is -0.149. The third-order valence-corrected chi connectivity index (χ3v) is 1.25. The molecule has 0 spiro atoms. The summed E-state index contributed by atoms with van der Waals surface area (Å²) in [5.74, 6) is 0. The van der Waals surface area contributed by atoms with Gasteiger partial charge in [-0.1, -0.05) is 0 Å². The molecule has 0 aromatic rings. The minimum atomic E-state index is -0.0104. The molecule has 3 heteroatoms. The van der Waals surface area contributed by atoms with Gasteiger partial charge in [0.15, 0.2) is 6.29 Å². The van der Waals surface area contributed by atoms with E-state index in [0.29, 0.717) is 0 Å². The van der Waals surface area contributed by atoms with Crippen LogP contribution in [0.3, 0.4) is 0 Å². The molecule has 0 amide bonds. The van der Waals surface area contributed by atoms with E-state index in [4.69, 9.17) is 9.47 Å². The number of ether oxygens (including phenoxy) is 2. The SMILES string of the molecule is CCO[C@@H]1CNCCO1. The monoisotopic (exact) mass is 131 g/mol. The van der Waals surface area contributed by atoms with Gasteiger partial charge in [0.1, 0.15) is 0 Å². The van der Waals surface area contributed by atoms with Gasteiger partial charge in [-0.05, 0) is 6.92 Å². The molecule has 1 rings (SSSR count). The molecule has 1 heterocycles. The number of rotatable bonds is 2. The zero-order valence-electron chi connectivity index (χ0n) is 5.72. The quantitative estimate of drug-likeness (QED) is 0.571. The standard InChI is InChI=1S/C6H13NO2/c1-2-8-6-5-7-3-4-9-6/h6-7H,2-5H2,1H3/t6-/m0/s1. The molecule has 0 bridgehead atoms. The first-order valence-electron chi connectivity index (χ1n) is 3.37. The molecule has 0 aromatic heterocycles. The number of hydrogen-bond acceptors (Lipinski definition) is 3. The minimum absolute atomic E-state index is 0.0104. The van der Waals surface area contributed by atoms with Crippen LogP contribution in [0.15, 0.2) is 0 Å². The van der Waals surface area contributed by atoms with Crippen molar-refractivity contribution in [1.29, 1.82) is 0 Å². The van der Waals surface area contributed by atoms with Crippen molar-refractivity contribution in [3.8, 4) is 0 Å². The first-order chi connectivity index (χ1) is 4.43. The van der Waals surface area contributed by atoms with Gasteiger partial charge in [-0.15, -0.1) is 0 Å². The van der Waals surface area contributed by atoms with E-state index < -0.39 is 0 Å². The molecule has 0 aromatic carbocycles. The van der Waals surface area contributed by atoms with Gasteiger partial charge in [0, 0.05) is 19.7 Å². The molecule has 54 valence electrons. The third-order valence-electron chi connectivity index (χ3n) is 1.25. The van der Waals surface area contributed by atoms with E-state index >= 15 is 0 Å². The third kappa shape index (κ3) is 2.30. The minimum Gasteiger partial charge on any atom is -0.352 e. The van der Waals surface area contributed by atoms with Crippen molar-refractivity contribution in [2.75, 3.05) is 26.3 Å². The Morgan fingerprint density at radius 1 is 1.78 bits per heavy atom. The van der Waals surface area contributed by atoms with Crippen molar-refractivity contribution in [2.45, 2.75) is 13.2 Å². The Morgan fingerprint density at radius 3 is 3.22 bits per heavy atom. The Balaban J connectivity index is 2.08. The van der Waals surface area contributed by atoms with E-state index in [0.717, 1.165) is 26.3 Å². The Bertz CT molecular complexity index is 68.7. The number of nitrogens with one attached hydrogen (secondary N) is 1. The molecule has 1 aliphatic rings. The van der Waals surface area contributed by atoms with Crippen molar-refractivity contribution >= 4 is 0 Å². The van der Waals surface area contributed by atoms with Crippen LogP contribution in [-0.2, 0) is 9.47 Å².